The Morgan fingerprint density at radius 2 is 1.88 bits per heavy atom. The first-order chi connectivity index (χ1) is 7.37. The Bertz CT molecular complexity index is 479. The van der Waals surface area contributed by atoms with Crippen LogP contribution in [-0.4, -0.2) is 17.9 Å². The number of alkyl halides is 3. The third-order valence-electron chi connectivity index (χ3n) is 2.19. The van der Waals surface area contributed by atoms with Crippen LogP contribution in [0.2, 0.25) is 0 Å². The van der Waals surface area contributed by atoms with Gasteiger partial charge in [0.25, 0.3) is 11.7 Å². The van der Waals surface area contributed by atoms with Crippen LogP contribution in [0.1, 0.15) is 15.9 Å². The number of hydrogen-bond donors (Lipinski definition) is 1. The van der Waals surface area contributed by atoms with Crippen LogP contribution < -0.4 is 5.32 Å². The molecule has 1 aromatic carbocycles. The van der Waals surface area contributed by atoms with E-state index < -0.39 is 24.3 Å². The van der Waals surface area contributed by atoms with Crippen molar-refractivity contribution in [3.05, 3.63) is 29.3 Å². The smallest absolute Gasteiger partial charge is 0.318 e. The maximum absolute atomic E-state index is 12.1. The van der Waals surface area contributed by atoms with Crippen LogP contribution >= 0.6 is 0 Å². The van der Waals surface area contributed by atoms with Crippen molar-refractivity contribution in [1.82, 2.24) is 0 Å². The fourth-order valence-electron chi connectivity index (χ4n) is 1.53. The molecule has 3 nitrogen and oxygen atoms in total. The molecule has 0 saturated carbocycles. The lowest BCUT2D eigenvalue weighted by Gasteiger charge is -2.06. The van der Waals surface area contributed by atoms with Crippen LogP contribution in [-0.2, 0) is 11.2 Å². The van der Waals surface area contributed by atoms with E-state index in [4.69, 9.17) is 0 Å². The number of halogens is 3. The zero-order valence-electron chi connectivity index (χ0n) is 7.89. The lowest BCUT2D eigenvalue weighted by atomic mass is 10.1. The number of amides is 1. The molecule has 84 valence electrons. The minimum absolute atomic E-state index is 0.00625. The van der Waals surface area contributed by atoms with E-state index >= 15 is 0 Å². The Labute approximate surface area is 88.3 Å². The van der Waals surface area contributed by atoms with Gasteiger partial charge in [-0.25, -0.2) is 0 Å². The van der Waals surface area contributed by atoms with Crippen molar-refractivity contribution in [1.29, 1.82) is 0 Å². The minimum Gasteiger partial charge on any atom is -0.318 e. The van der Waals surface area contributed by atoms with Crippen LogP contribution in [0.15, 0.2) is 18.2 Å². The number of anilines is 1. The Morgan fingerprint density at radius 1 is 1.19 bits per heavy atom. The first-order valence-electron chi connectivity index (χ1n) is 4.42. The number of Topliss-reactive ketones (excluding diaryl/α,β-unsaturated/α-hetero) is 1. The summed E-state index contributed by atoms with van der Waals surface area (Å²) in [5, 5.41) is 2.27. The van der Waals surface area contributed by atoms with Crippen LogP contribution in [0.25, 0.3) is 0 Å². The Kier molecular flexibility index (Phi) is 2.22. The number of fused-ring (bicyclic) bond motifs is 1. The summed E-state index contributed by atoms with van der Waals surface area (Å²) >= 11 is 0. The van der Waals surface area contributed by atoms with Gasteiger partial charge >= 0.3 is 6.18 Å². The third kappa shape index (κ3) is 1.91. The highest BCUT2D eigenvalue weighted by Gasteiger charge is 2.31. The van der Waals surface area contributed by atoms with Crippen molar-refractivity contribution in [2.45, 2.75) is 12.6 Å². The molecule has 0 spiro atoms. The van der Waals surface area contributed by atoms with Gasteiger partial charge in [-0.15, -0.1) is 0 Å². The van der Waals surface area contributed by atoms with Gasteiger partial charge in [0.2, 0.25) is 0 Å². The van der Waals surface area contributed by atoms with Gasteiger partial charge in [0.1, 0.15) is 0 Å². The summed E-state index contributed by atoms with van der Waals surface area (Å²) in [5.41, 5.74) is 0.240. The monoisotopic (exact) mass is 229 g/mol. The van der Waals surface area contributed by atoms with E-state index in [-0.39, 0.29) is 16.8 Å². The summed E-state index contributed by atoms with van der Waals surface area (Å²) in [6.07, 6.45) is -5.44. The second-order valence-electron chi connectivity index (χ2n) is 3.46. The van der Waals surface area contributed by atoms with Gasteiger partial charge in [-0.2, -0.15) is 13.2 Å². The van der Waals surface area contributed by atoms with E-state index in [2.05, 4.69) is 5.32 Å². The first-order valence-corrected chi connectivity index (χ1v) is 4.42. The van der Waals surface area contributed by atoms with Gasteiger partial charge in [-0.1, -0.05) is 6.07 Å². The molecule has 0 saturated heterocycles. The second-order valence-corrected chi connectivity index (χ2v) is 3.46. The van der Waals surface area contributed by atoms with Crippen molar-refractivity contribution in [2.75, 3.05) is 5.32 Å². The zero-order valence-corrected chi connectivity index (χ0v) is 7.89. The summed E-state index contributed by atoms with van der Waals surface area (Å²) in [6, 6.07) is 3.65. The highest BCUT2D eigenvalue weighted by Crippen LogP contribution is 2.27. The maximum atomic E-state index is 12.1. The molecule has 1 amide bonds. The molecular weight excluding hydrogens is 223 g/mol. The van der Waals surface area contributed by atoms with Gasteiger partial charge < -0.3 is 5.32 Å². The molecule has 6 heteroatoms. The first kappa shape index (κ1) is 10.7. The Morgan fingerprint density at radius 3 is 2.50 bits per heavy atom. The largest absolute Gasteiger partial charge is 0.393 e. The molecule has 1 heterocycles. The lowest BCUT2D eigenvalue weighted by molar-refractivity contribution is -0.127. The fourth-order valence-corrected chi connectivity index (χ4v) is 1.53. The quantitative estimate of drug-likeness (QED) is 0.748. The van der Waals surface area contributed by atoms with E-state index in [0.717, 1.165) is 6.07 Å². The molecule has 0 radical (unpaired) electrons. The molecule has 0 bridgehead atoms. The van der Waals surface area contributed by atoms with E-state index in [9.17, 15) is 22.8 Å². The molecule has 0 unspecified atom stereocenters. The predicted molar refractivity (Wildman–Crippen MR) is 49.2 cm³/mol. The highest BCUT2D eigenvalue weighted by molar-refractivity contribution is 6.51. The molecule has 0 atom stereocenters. The highest BCUT2D eigenvalue weighted by atomic mass is 19.4. The summed E-state index contributed by atoms with van der Waals surface area (Å²) in [4.78, 5) is 22.2. The second kappa shape index (κ2) is 3.33. The summed E-state index contributed by atoms with van der Waals surface area (Å²) in [6.45, 7) is 0. The minimum atomic E-state index is -4.33. The lowest BCUT2D eigenvalue weighted by Crippen LogP contribution is -2.13. The van der Waals surface area contributed by atoms with Gasteiger partial charge in [-0.05, 0) is 17.7 Å². The summed E-state index contributed by atoms with van der Waals surface area (Å²) in [7, 11) is 0. The van der Waals surface area contributed by atoms with Gasteiger partial charge in [0.15, 0.2) is 0 Å². The number of carbonyl (C=O) groups is 2. The van der Waals surface area contributed by atoms with Gasteiger partial charge in [0.05, 0.1) is 17.7 Å². The zero-order chi connectivity index (χ0) is 11.9. The van der Waals surface area contributed by atoms with Crippen molar-refractivity contribution in [3.63, 3.8) is 0 Å². The molecule has 0 fully saturated rings. The van der Waals surface area contributed by atoms with Crippen molar-refractivity contribution < 1.29 is 22.8 Å². The molecular formula is C10H6F3NO2. The van der Waals surface area contributed by atoms with Crippen LogP contribution in [0.5, 0.6) is 0 Å². The van der Waals surface area contributed by atoms with Crippen molar-refractivity contribution in [2.24, 2.45) is 0 Å². The van der Waals surface area contributed by atoms with E-state index in [0.29, 0.717) is 0 Å². The molecule has 1 aliphatic rings. The van der Waals surface area contributed by atoms with Crippen molar-refractivity contribution >= 4 is 17.4 Å². The number of benzene rings is 1. The topological polar surface area (TPSA) is 46.2 Å². The number of ketones is 1. The number of carbonyl (C=O) groups excluding carboxylic acids is 2. The van der Waals surface area contributed by atoms with E-state index in [1.165, 1.54) is 12.1 Å². The Balaban J connectivity index is 2.34. The number of nitrogens with one attached hydrogen (secondary N) is 1. The molecule has 16 heavy (non-hydrogen) atoms. The summed E-state index contributed by atoms with van der Waals surface area (Å²) in [5.74, 6) is -1.60. The SMILES string of the molecule is O=C1Nc2ccc(CC(F)(F)F)cc2C1=O. The molecule has 1 N–H and O–H groups in total. The van der Waals surface area contributed by atoms with E-state index in [1.54, 1.807) is 0 Å². The maximum Gasteiger partial charge on any atom is 0.393 e. The van der Waals surface area contributed by atoms with Crippen LogP contribution in [0.4, 0.5) is 18.9 Å². The molecule has 0 aromatic heterocycles. The van der Waals surface area contributed by atoms with E-state index in [1.807, 2.05) is 0 Å². The van der Waals surface area contributed by atoms with Crippen LogP contribution in [0.3, 0.4) is 0 Å². The van der Waals surface area contributed by atoms with Gasteiger partial charge in [0, 0.05) is 0 Å². The normalized spacial score (nSPS) is 14.9. The third-order valence-corrected chi connectivity index (χ3v) is 2.19. The fraction of sp³-hybridized carbons (Fsp3) is 0.200. The molecule has 1 aromatic rings. The average molecular weight is 229 g/mol. The van der Waals surface area contributed by atoms with Crippen molar-refractivity contribution in [3.8, 4) is 0 Å². The summed E-state index contributed by atoms with van der Waals surface area (Å²) < 4.78 is 36.3. The number of hydrogen-bond acceptors (Lipinski definition) is 2. The predicted octanol–water partition coefficient (Wildman–Crippen LogP) is 1.93. The average Bonchev–Trinajstić information content (AvgIpc) is 2.42. The molecule has 2 rings (SSSR count). The molecule has 0 aliphatic carbocycles. The number of rotatable bonds is 1. The van der Waals surface area contributed by atoms with Gasteiger partial charge in [-0.3, -0.25) is 9.59 Å². The molecule has 1 aliphatic heterocycles. The standard InChI is InChI=1S/C10H6F3NO2/c11-10(12,13)4-5-1-2-7-6(3-5)8(15)9(16)14-7/h1-3H,4H2,(H,14,15,16). The van der Waals surface area contributed by atoms with Crippen LogP contribution in [0, 0.1) is 0 Å². The Hall–Kier alpha value is -1.85.